The van der Waals surface area contributed by atoms with Gasteiger partial charge in [-0.05, 0) is 21.9 Å². The first kappa shape index (κ1) is 16.0. The Hall–Kier alpha value is -2.36. The van der Waals surface area contributed by atoms with Crippen molar-refractivity contribution in [2.45, 2.75) is 39.9 Å². The van der Waals surface area contributed by atoms with Gasteiger partial charge in [-0.15, -0.1) is 0 Å². The van der Waals surface area contributed by atoms with Crippen LogP contribution in [-0.2, 0) is 32.3 Å². The molecule has 0 radical (unpaired) electrons. The van der Waals surface area contributed by atoms with Crippen LogP contribution in [0.15, 0.2) is 36.4 Å². The van der Waals surface area contributed by atoms with Crippen molar-refractivity contribution in [3.8, 4) is 0 Å². The van der Waals surface area contributed by atoms with Crippen molar-refractivity contribution >= 4 is 22.7 Å². The Kier molecular flexibility index (Phi) is 5.53. The van der Waals surface area contributed by atoms with Crippen molar-refractivity contribution in [2.24, 2.45) is 0 Å². The van der Waals surface area contributed by atoms with E-state index in [4.69, 9.17) is 9.47 Å². The third-order valence-electron chi connectivity index (χ3n) is 3.46. The van der Waals surface area contributed by atoms with Crippen LogP contribution in [0.5, 0.6) is 0 Å². The third-order valence-corrected chi connectivity index (χ3v) is 3.46. The second kappa shape index (κ2) is 7.59. The first-order chi connectivity index (χ1) is 10.7. The lowest BCUT2D eigenvalue weighted by Crippen LogP contribution is -2.05. The molecule has 0 fully saturated rings. The average Bonchev–Trinajstić information content (AvgIpc) is 2.57. The summed E-state index contributed by atoms with van der Waals surface area (Å²) in [7, 11) is 0. The maximum absolute atomic E-state index is 11.3. The number of rotatable bonds is 6. The predicted molar refractivity (Wildman–Crippen MR) is 84.1 cm³/mol. The minimum absolute atomic E-state index is 0.218. The molecule has 0 unspecified atom stereocenters. The molecular formula is C18H20O4. The van der Waals surface area contributed by atoms with Gasteiger partial charge in [-0.1, -0.05) is 50.2 Å². The van der Waals surface area contributed by atoms with Crippen LogP contribution in [0.2, 0.25) is 0 Å². The molecule has 0 saturated carbocycles. The monoisotopic (exact) mass is 300 g/mol. The number of ether oxygens (including phenoxy) is 2. The zero-order valence-corrected chi connectivity index (χ0v) is 12.9. The molecule has 0 N–H and O–H groups in total. The van der Waals surface area contributed by atoms with E-state index in [0.29, 0.717) is 12.8 Å². The van der Waals surface area contributed by atoms with Gasteiger partial charge in [0.15, 0.2) is 0 Å². The summed E-state index contributed by atoms with van der Waals surface area (Å²) in [5, 5.41) is 2.02. The van der Waals surface area contributed by atoms with Gasteiger partial charge in [0.25, 0.3) is 0 Å². The largest absolute Gasteiger partial charge is 0.461 e. The minimum atomic E-state index is -0.218. The lowest BCUT2D eigenvalue weighted by molar-refractivity contribution is -0.145. The maximum Gasteiger partial charge on any atom is 0.305 e. The van der Waals surface area contributed by atoms with Crippen LogP contribution in [0.3, 0.4) is 0 Å². The summed E-state index contributed by atoms with van der Waals surface area (Å²) in [6, 6.07) is 11.7. The van der Waals surface area contributed by atoms with Crippen LogP contribution >= 0.6 is 0 Å². The Morgan fingerprint density at radius 1 is 0.773 bits per heavy atom. The molecule has 2 rings (SSSR count). The molecule has 22 heavy (non-hydrogen) atoms. The fourth-order valence-electron chi connectivity index (χ4n) is 2.20. The van der Waals surface area contributed by atoms with Crippen LogP contribution < -0.4 is 0 Å². The number of esters is 2. The number of hydrogen-bond acceptors (Lipinski definition) is 4. The smallest absolute Gasteiger partial charge is 0.305 e. The maximum atomic E-state index is 11.3. The first-order valence-electron chi connectivity index (χ1n) is 7.46. The fraction of sp³-hybridized carbons (Fsp3) is 0.333. The van der Waals surface area contributed by atoms with Crippen LogP contribution in [0.25, 0.3) is 10.8 Å². The van der Waals surface area contributed by atoms with Crippen LogP contribution in [-0.4, -0.2) is 11.9 Å². The van der Waals surface area contributed by atoms with Gasteiger partial charge in [-0.3, -0.25) is 9.59 Å². The molecule has 2 aromatic rings. The van der Waals surface area contributed by atoms with E-state index in [2.05, 4.69) is 0 Å². The predicted octanol–water partition coefficient (Wildman–Crippen LogP) is 3.75. The Balaban J connectivity index is 2.26. The van der Waals surface area contributed by atoms with Gasteiger partial charge in [0.2, 0.25) is 0 Å². The topological polar surface area (TPSA) is 52.6 Å². The van der Waals surface area contributed by atoms with E-state index in [1.54, 1.807) is 13.8 Å². The number of carbonyl (C=O) groups is 2. The normalized spacial score (nSPS) is 10.5. The molecule has 0 heterocycles. The quantitative estimate of drug-likeness (QED) is 0.762. The van der Waals surface area contributed by atoms with Gasteiger partial charge in [0, 0.05) is 12.8 Å². The summed E-state index contributed by atoms with van der Waals surface area (Å²) in [6.45, 7) is 4.04. The van der Waals surface area contributed by atoms with Crippen LogP contribution in [0.4, 0.5) is 0 Å². The zero-order valence-electron chi connectivity index (χ0n) is 12.9. The summed E-state index contributed by atoms with van der Waals surface area (Å²) in [5.74, 6) is -0.435. The highest BCUT2D eigenvalue weighted by Gasteiger charge is 2.09. The fourth-order valence-corrected chi connectivity index (χ4v) is 2.20. The van der Waals surface area contributed by atoms with E-state index in [0.717, 1.165) is 21.9 Å². The average molecular weight is 300 g/mol. The van der Waals surface area contributed by atoms with Gasteiger partial charge < -0.3 is 9.47 Å². The highest BCUT2D eigenvalue weighted by Crippen LogP contribution is 2.24. The molecule has 0 spiro atoms. The summed E-state index contributed by atoms with van der Waals surface area (Å²) >= 11 is 0. The van der Waals surface area contributed by atoms with E-state index in [1.165, 1.54) is 0 Å². The Morgan fingerprint density at radius 3 is 1.55 bits per heavy atom. The highest BCUT2D eigenvalue weighted by atomic mass is 16.5. The molecule has 0 saturated heterocycles. The minimum Gasteiger partial charge on any atom is -0.461 e. The number of carbonyl (C=O) groups excluding carboxylic acids is 2. The van der Waals surface area contributed by atoms with Gasteiger partial charge in [-0.25, -0.2) is 0 Å². The SMILES string of the molecule is CCC(=O)OCc1ccc(COC(=O)CC)c2ccccc12. The van der Waals surface area contributed by atoms with E-state index < -0.39 is 0 Å². The standard InChI is InChI=1S/C18H20O4/c1-3-17(19)21-11-13-9-10-14(12-22-18(20)4-2)16-8-6-5-7-15(13)16/h5-10H,3-4,11-12H2,1-2H3. The third kappa shape index (κ3) is 3.85. The molecule has 0 aromatic heterocycles. The molecule has 0 aliphatic heterocycles. The molecule has 0 bridgehead atoms. The Bertz CT molecular complexity index is 617. The van der Waals surface area contributed by atoms with E-state index in [1.807, 2.05) is 36.4 Å². The molecule has 2 aromatic carbocycles. The Labute approximate surface area is 130 Å². The van der Waals surface area contributed by atoms with E-state index >= 15 is 0 Å². The molecule has 116 valence electrons. The summed E-state index contributed by atoms with van der Waals surface area (Å²) < 4.78 is 10.4. The van der Waals surface area contributed by atoms with Crippen LogP contribution in [0.1, 0.15) is 37.8 Å². The molecule has 0 atom stereocenters. The Morgan fingerprint density at radius 2 is 1.18 bits per heavy atom. The molecule has 0 aliphatic carbocycles. The van der Waals surface area contributed by atoms with Crippen molar-refractivity contribution in [2.75, 3.05) is 0 Å². The highest BCUT2D eigenvalue weighted by molar-refractivity contribution is 5.89. The van der Waals surface area contributed by atoms with Gasteiger partial charge in [-0.2, -0.15) is 0 Å². The second-order valence-corrected chi connectivity index (χ2v) is 4.96. The number of fused-ring (bicyclic) bond motifs is 1. The lowest BCUT2D eigenvalue weighted by Gasteiger charge is -2.12. The van der Waals surface area contributed by atoms with Gasteiger partial charge in [0.1, 0.15) is 13.2 Å². The zero-order chi connectivity index (χ0) is 15.9. The molecule has 4 nitrogen and oxygen atoms in total. The lowest BCUT2D eigenvalue weighted by atomic mass is 10.0. The van der Waals surface area contributed by atoms with Crippen molar-refractivity contribution in [1.82, 2.24) is 0 Å². The summed E-state index contributed by atoms with van der Waals surface area (Å²) in [5.41, 5.74) is 1.89. The number of hydrogen-bond donors (Lipinski definition) is 0. The van der Waals surface area contributed by atoms with Crippen molar-refractivity contribution in [3.05, 3.63) is 47.5 Å². The van der Waals surface area contributed by atoms with Crippen molar-refractivity contribution in [1.29, 1.82) is 0 Å². The van der Waals surface area contributed by atoms with Gasteiger partial charge in [0.05, 0.1) is 0 Å². The molecule has 0 amide bonds. The second-order valence-electron chi connectivity index (χ2n) is 4.96. The molecular weight excluding hydrogens is 280 g/mol. The number of benzene rings is 2. The van der Waals surface area contributed by atoms with Crippen molar-refractivity contribution < 1.29 is 19.1 Å². The summed E-state index contributed by atoms with van der Waals surface area (Å²) in [6.07, 6.45) is 0.728. The molecule has 0 aliphatic rings. The van der Waals surface area contributed by atoms with Gasteiger partial charge >= 0.3 is 11.9 Å². The first-order valence-corrected chi connectivity index (χ1v) is 7.46. The van der Waals surface area contributed by atoms with E-state index in [9.17, 15) is 9.59 Å². The molecule has 4 heteroatoms. The van der Waals surface area contributed by atoms with Crippen molar-refractivity contribution in [3.63, 3.8) is 0 Å². The van der Waals surface area contributed by atoms with E-state index in [-0.39, 0.29) is 25.2 Å². The van der Waals surface area contributed by atoms with Crippen LogP contribution in [0, 0.1) is 0 Å². The summed E-state index contributed by atoms with van der Waals surface area (Å²) in [4.78, 5) is 22.6.